The first-order valence-electron chi connectivity index (χ1n) is 12.1. The summed E-state index contributed by atoms with van der Waals surface area (Å²) < 4.78 is 13.3. The van der Waals surface area contributed by atoms with Crippen LogP contribution >= 0.6 is 12.4 Å². The van der Waals surface area contributed by atoms with E-state index in [1.54, 1.807) is 6.07 Å². The SMILES string of the molecule is CCN1CC[C@]23c4c5ccc(O)c4O[C@H]2C(=O)CC[C@@]3(OCCCc2ccccc2)[C@H]1C5.Cl. The molecule has 0 amide bonds. The number of ether oxygens (including phenoxy) is 2. The number of hydrogen-bond acceptors (Lipinski definition) is 5. The van der Waals surface area contributed by atoms with Crippen molar-refractivity contribution in [1.82, 2.24) is 4.90 Å². The number of halogens is 1. The maximum absolute atomic E-state index is 13.2. The molecule has 33 heavy (non-hydrogen) atoms. The maximum Gasteiger partial charge on any atom is 0.174 e. The number of benzene rings is 2. The van der Waals surface area contributed by atoms with E-state index in [0.717, 1.165) is 50.8 Å². The van der Waals surface area contributed by atoms with Crippen molar-refractivity contribution in [2.45, 2.75) is 68.6 Å². The Hall–Kier alpha value is -2.08. The lowest BCUT2D eigenvalue weighted by Crippen LogP contribution is -2.77. The lowest BCUT2D eigenvalue weighted by atomic mass is 9.48. The molecule has 4 atom stereocenters. The summed E-state index contributed by atoms with van der Waals surface area (Å²) in [4.78, 5) is 15.7. The van der Waals surface area contributed by atoms with Gasteiger partial charge in [0.05, 0.1) is 11.0 Å². The van der Waals surface area contributed by atoms with Gasteiger partial charge in [-0.1, -0.05) is 43.3 Å². The minimum atomic E-state index is -0.547. The van der Waals surface area contributed by atoms with Crippen molar-refractivity contribution < 1.29 is 19.4 Å². The van der Waals surface area contributed by atoms with Gasteiger partial charge in [-0.2, -0.15) is 0 Å². The monoisotopic (exact) mass is 469 g/mol. The molecule has 2 bridgehead atoms. The van der Waals surface area contributed by atoms with E-state index in [4.69, 9.17) is 9.47 Å². The molecule has 2 heterocycles. The lowest BCUT2D eigenvalue weighted by Gasteiger charge is -2.64. The van der Waals surface area contributed by atoms with E-state index >= 15 is 0 Å². The Morgan fingerprint density at radius 1 is 1.18 bits per heavy atom. The van der Waals surface area contributed by atoms with Gasteiger partial charge in [0, 0.05) is 24.6 Å². The Balaban J connectivity index is 0.00000228. The number of hydrogen-bond donors (Lipinski definition) is 1. The molecular weight excluding hydrogens is 438 g/mol. The zero-order valence-electron chi connectivity index (χ0n) is 19.1. The third-order valence-electron chi connectivity index (χ3n) is 8.55. The number of carbonyl (C=O) groups excluding carboxylic acids is 1. The van der Waals surface area contributed by atoms with Crippen molar-refractivity contribution >= 4 is 18.2 Å². The molecule has 176 valence electrons. The minimum absolute atomic E-state index is 0. The fourth-order valence-electron chi connectivity index (χ4n) is 7.23. The topological polar surface area (TPSA) is 59.0 Å². The van der Waals surface area contributed by atoms with Gasteiger partial charge < -0.3 is 14.6 Å². The smallest absolute Gasteiger partial charge is 0.174 e. The van der Waals surface area contributed by atoms with Crippen LogP contribution in [-0.4, -0.2) is 53.2 Å². The highest BCUT2D eigenvalue weighted by Gasteiger charge is 2.74. The molecule has 2 fully saturated rings. The number of carbonyl (C=O) groups is 1. The summed E-state index contributed by atoms with van der Waals surface area (Å²) in [5.74, 6) is 0.832. The van der Waals surface area contributed by atoms with Crippen molar-refractivity contribution in [3.8, 4) is 11.5 Å². The van der Waals surface area contributed by atoms with Crippen LogP contribution in [0.25, 0.3) is 0 Å². The first kappa shape index (κ1) is 22.7. The van der Waals surface area contributed by atoms with E-state index in [1.165, 1.54) is 11.1 Å². The summed E-state index contributed by atoms with van der Waals surface area (Å²) in [6, 6.07) is 14.5. The molecule has 4 aliphatic rings. The molecule has 2 aliphatic carbocycles. The number of Topliss-reactive ketones (excluding diaryl/α,β-unsaturated/α-hetero) is 1. The van der Waals surface area contributed by atoms with Gasteiger partial charge in [-0.15, -0.1) is 12.4 Å². The molecule has 5 nitrogen and oxygen atoms in total. The van der Waals surface area contributed by atoms with Crippen molar-refractivity contribution in [2.24, 2.45) is 0 Å². The second-order valence-corrected chi connectivity index (χ2v) is 9.81. The first-order chi connectivity index (χ1) is 15.6. The second kappa shape index (κ2) is 8.30. The van der Waals surface area contributed by atoms with Crippen molar-refractivity contribution in [2.75, 3.05) is 19.7 Å². The first-order valence-corrected chi connectivity index (χ1v) is 12.1. The second-order valence-electron chi connectivity index (χ2n) is 9.81. The van der Waals surface area contributed by atoms with Crippen molar-refractivity contribution in [3.05, 3.63) is 59.2 Å². The molecular formula is C27H32ClNO4. The van der Waals surface area contributed by atoms with Crippen LogP contribution in [0.3, 0.4) is 0 Å². The zero-order chi connectivity index (χ0) is 21.9. The molecule has 1 N–H and O–H groups in total. The summed E-state index contributed by atoms with van der Waals surface area (Å²) >= 11 is 0. The van der Waals surface area contributed by atoms with Crippen LogP contribution in [0.4, 0.5) is 0 Å². The fourth-order valence-corrected chi connectivity index (χ4v) is 7.23. The number of aryl methyl sites for hydroxylation is 1. The Bertz CT molecular complexity index is 1060. The number of likely N-dealkylation sites (N-methyl/N-ethyl adjacent to an activating group) is 1. The van der Waals surface area contributed by atoms with Crippen LogP contribution < -0.4 is 4.74 Å². The highest BCUT2D eigenvalue weighted by atomic mass is 35.5. The summed E-state index contributed by atoms with van der Waals surface area (Å²) in [5, 5.41) is 10.6. The highest BCUT2D eigenvalue weighted by molar-refractivity contribution is 5.90. The fraction of sp³-hybridized carbons (Fsp3) is 0.519. The van der Waals surface area contributed by atoms with E-state index in [9.17, 15) is 9.90 Å². The third-order valence-corrected chi connectivity index (χ3v) is 8.55. The highest BCUT2D eigenvalue weighted by Crippen LogP contribution is 2.65. The molecule has 2 aliphatic heterocycles. The molecule has 1 spiro atoms. The number of likely N-dealkylation sites (tertiary alicyclic amines) is 1. The van der Waals surface area contributed by atoms with E-state index < -0.39 is 17.1 Å². The van der Waals surface area contributed by atoms with Crippen LogP contribution in [0.5, 0.6) is 11.5 Å². The van der Waals surface area contributed by atoms with Crippen LogP contribution in [0.15, 0.2) is 42.5 Å². The van der Waals surface area contributed by atoms with Crippen molar-refractivity contribution in [3.63, 3.8) is 0 Å². The van der Waals surface area contributed by atoms with Gasteiger partial charge in [-0.3, -0.25) is 9.69 Å². The van der Waals surface area contributed by atoms with E-state index in [-0.39, 0.29) is 30.0 Å². The van der Waals surface area contributed by atoms with Gasteiger partial charge in [0.25, 0.3) is 0 Å². The standard InChI is InChI=1S/C27H31NO4.ClH/c1-2-28-15-14-26-23-19-10-11-20(29)24(23)32-25(26)21(30)12-13-27(26,22(28)17-19)31-16-6-9-18-7-4-3-5-8-18;/h3-5,7-8,10-11,22,25,29H,2,6,9,12-17H2,1H3;1H/t22-,25+,26+,27-;/m1./s1. The number of phenols is 1. The number of nitrogens with zero attached hydrogens (tertiary/aromatic N) is 1. The number of aromatic hydroxyl groups is 1. The molecule has 2 aromatic carbocycles. The quantitative estimate of drug-likeness (QED) is 0.642. The van der Waals surface area contributed by atoms with Gasteiger partial charge in [0.1, 0.15) is 0 Å². The predicted octanol–water partition coefficient (Wildman–Crippen LogP) is 4.21. The molecule has 6 heteroatoms. The van der Waals surface area contributed by atoms with Gasteiger partial charge in [-0.25, -0.2) is 0 Å². The number of rotatable bonds is 6. The molecule has 0 aromatic heterocycles. The Morgan fingerprint density at radius 3 is 2.79 bits per heavy atom. The molecule has 6 rings (SSSR count). The van der Waals surface area contributed by atoms with E-state index in [0.29, 0.717) is 18.8 Å². The molecule has 1 saturated heterocycles. The molecule has 2 aromatic rings. The Morgan fingerprint density at radius 2 is 2.00 bits per heavy atom. The van der Waals surface area contributed by atoms with Crippen molar-refractivity contribution in [1.29, 1.82) is 0 Å². The minimum Gasteiger partial charge on any atom is -0.504 e. The summed E-state index contributed by atoms with van der Waals surface area (Å²) in [6.45, 7) is 4.78. The largest absolute Gasteiger partial charge is 0.504 e. The third kappa shape index (κ3) is 3.02. The van der Waals surface area contributed by atoms with Gasteiger partial charge in [0.2, 0.25) is 0 Å². The molecule has 0 radical (unpaired) electrons. The maximum atomic E-state index is 13.2. The average Bonchev–Trinajstić information content (AvgIpc) is 3.17. The van der Waals surface area contributed by atoms with Gasteiger partial charge in [-0.05, 0) is 62.4 Å². The van der Waals surface area contributed by atoms with Crippen LogP contribution in [-0.2, 0) is 27.8 Å². The number of phenolic OH excluding ortho intramolecular Hbond substituents is 1. The predicted molar refractivity (Wildman–Crippen MR) is 128 cm³/mol. The average molecular weight is 470 g/mol. The van der Waals surface area contributed by atoms with E-state index in [1.807, 2.05) is 12.1 Å². The summed E-state index contributed by atoms with van der Waals surface area (Å²) in [7, 11) is 0. The van der Waals surface area contributed by atoms with Gasteiger partial charge >= 0.3 is 0 Å². The van der Waals surface area contributed by atoms with Crippen LogP contribution in [0.2, 0.25) is 0 Å². The number of piperidine rings is 1. The Kier molecular flexibility index (Phi) is 5.71. The normalized spacial score (nSPS) is 31.5. The summed E-state index contributed by atoms with van der Waals surface area (Å²) in [6.07, 6.45) is 4.29. The summed E-state index contributed by atoms with van der Waals surface area (Å²) in [5.41, 5.74) is 2.65. The van der Waals surface area contributed by atoms with Crippen LogP contribution in [0.1, 0.15) is 49.3 Å². The molecule has 0 unspecified atom stereocenters. The van der Waals surface area contributed by atoms with Gasteiger partial charge in [0.15, 0.2) is 23.4 Å². The van der Waals surface area contributed by atoms with E-state index in [2.05, 4.69) is 36.1 Å². The lowest BCUT2D eigenvalue weighted by molar-refractivity contribution is -0.212. The number of ketones is 1. The Labute approximate surface area is 201 Å². The van der Waals surface area contributed by atoms with Crippen LogP contribution in [0, 0.1) is 0 Å². The zero-order valence-corrected chi connectivity index (χ0v) is 19.9. The molecule has 1 saturated carbocycles.